The van der Waals surface area contributed by atoms with Crippen molar-refractivity contribution < 1.29 is 19.4 Å². The first kappa shape index (κ1) is 10.7. The Hall–Kier alpha value is -1.36. The first-order valence-corrected chi connectivity index (χ1v) is 4.50. The smallest absolute Gasteiger partial charge is 0.153 e. The number of ether oxygens (including phenoxy) is 1. The molecule has 0 amide bonds. The lowest BCUT2D eigenvalue weighted by Crippen LogP contribution is -2.29. The van der Waals surface area contributed by atoms with E-state index >= 15 is 0 Å². The Bertz CT molecular complexity index is 362. The van der Waals surface area contributed by atoms with E-state index in [1.165, 1.54) is 12.1 Å². The minimum absolute atomic E-state index is 0.229. The minimum atomic E-state index is -1.33. The number of benzene rings is 1. The van der Waals surface area contributed by atoms with Crippen LogP contribution in [-0.2, 0) is 4.79 Å². The molecule has 4 nitrogen and oxygen atoms in total. The lowest BCUT2D eigenvalue weighted by atomic mass is 10.2. The van der Waals surface area contributed by atoms with Crippen molar-refractivity contribution in [2.45, 2.75) is 0 Å². The Balaban J connectivity index is 2.85. The van der Waals surface area contributed by atoms with Gasteiger partial charge in [-0.25, -0.2) is 0 Å². The normalized spacial score (nSPS) is 9.50. The SMILES string of the molecule is O=Cc1cc(Br)ccc1OCC(=O)[O-]. The molecule has 0 aliphatic heterocycles. The fourth-order valence-electron chi connectivity index (χ4n) is 0.880. The summed E-state index contributed by atoms with van der Waals surface area (Å²) in [6, 6.07) is 4.70. The van der Waals surface area contributed by atoms with Gasteiger partial charge < -0.3 is 14.6 Å². The second-order valence-electron chi connectivity index (χ2n) is 2.46. The first-order chi connectivity index (χ1) is 6.63. The molecule has 0 fully saturated rings. The average molecular weight is 258 g/mol. The zero-order valence-electron chi connectivity index (χ0n) is 7.03. The number of hydrogen-bond acceptors (Lipinski definition) is 4. The third-order valence-electron chi connectivity index (χ3n) is 1.44. The zero-order valence-corrected chi connectivity index (χ0v) is 8.61. The Morgan fingerprint density at radius 1 is 1.57 bits per heavy atom. The number of aliphatic carboxylic acids is 1. The van der Waals surface area contributed by atoms with E-state index in [0.29, 0.717) is 11.8 Å². The highest BCUT2D eigenvalue weighted by atomic mass is 79.9. The van der Waals surface area contributed by atoms with Crippen molar-refractivity contribution in [3.63, 3.8) is 0 Å². The number of carbonyl (C=O) groups excluding carboxylic acids is 2. The number of carbonyl (C=O) groups is 2. The number of carboxylic acids is 1. The van der Waals surface area contributed by atoms with Crippen LogP contribution >= 0.6 is 15.9 Å². The predicted octanol–water partition coefficient (Wildman–Crippen LogP) is 0.390. The van der Waals surface area contributed by atoms with Crippen LogP contribution in [-0.4, -0.2) is 18.9 Å². The summed E-state index contributed by atoms with van der Waals surface area (Å²) in [5.41, 5.74) is 0.292. The van der Waals surface area contributed by atoms with Crippen molar-refractivity contribution in [3.05, 3.63) is 28.2 Å². The quantitative estimate of drug-likeness (QED) is 0.733. The van der Waals surface area contributed by atoms with Gasteiger partial charge >= 0.3 is 0 Å². The van der Waals surface area contributed by atoms with E-state index < -0.39 is 12.6 Å². The molecule has 0 N–H and O–H groups in total. The molecule has 0 heterocycles. The van der Waals surface area contributed by atoms with Gasteiger partial charge in [0.2, 0.25) is 0 Å². The minimum Gasteiger partial charge on any atom is -0.546 e. The maximum atomic E-state index is 10.6. The largest absolute Gasteiger partial charge is 0.546 e. The van der Waals surface area contributed by atoms with E-state index in [2.05, 4.69) is 15.9 Å². The molecule has 5 heteroatoms. The van der Waals surface area contributed by atoms with E-state index in [1.807, 2.05) is 0 Å². The third kappa shape index (κ3) is 2.85. The monoisotopic (exact) mass is 257 g/mol. The summed E-state index contributed by atoms with van der Waals surface area (Å²) in [6.07, 6.45) is 0.593. The Morgan fingerprint density at radius 2 is 2.29 bits per heavy atom. The van der Waals surface area contributed by atoms with Crippen LogP contribution in [0.15, 0.2) is 22.7 Å². The van der Waals surface area contributed by atoms with Crippen LogP contribution in [0.1, 0.15) is 10.4 Å². The molecular weight excluding hydrogens is 252 g/mol. The maximum absolute atomic E-state index is 10.6. The topological polar surface area (TPSA) is 66.4 Å². The van der Waals surface area contributed by atoms with Gasteiger partial charge in [-0.15, -0.1) is 0 Å². The van der Waals surface area contributed by atoms with E-state index in [9.17, 15) is 14.7 Å². The molecule has 0 saturated heterocycles. The van der Waals surface area contributed by atoms with Gasteiger partial charge in [0.15, 0.2) is 6.29 Å². The maximum Gasteiger partial charge on any atom is 0.153 e. The third-order valence-corrected chi connectivity index (χ3v) is 1.94. The molecular formula is C9H6BrO4-. The number of halogens is 1. The molecule has 1 aromatic carbocycles. The molecule has 0 aromatic heterocycles. The van der Waals surface area contributed by atoms with Crippen LogP contribution in [0.4, 0.5) is 0 Å². The molecule has 0 saturated carbocycles. The molecule has 74 valence electrons. The molecule has 14 heavy (non-hydrogen) atoms. The molecule has 1 rings (SSSR count). The van der Waals surface area contributed by atoms with Crippen LogP contribution in [0, 0.1) is 0 Å². The number of carboxylic acid groups (broad SMARTS) is 1. The summed E-state index contributed by atoms with van der Waals surface area (Å²) in [5.74, 6) is -1.10. The molecule has 0 unspecified atom stereocenters. The van der Waals surface area contributed by atoms with Crippen molar-refractivity contribution >= 4 is 28.2 Å². The highest BCUT2D eigenvalue weighted by molar-refractivity contribution is 9.10. The van der Waals surface area contributed by atoms with Crippen molar-refractivity contribution in [1.82, 2.24) is 0 Å². The molecule has 1 aromatic rings. The number of rotatable bonds is 4. The van der Waals surface area contributed by atoms with Crippen molar-refractivity contribution in [1.29, 1.82) is 0 Å². The Kier molecular flexibility index (Phi) is 3.64. The fourth-order valence-corrected chi connectivity index (χ4v) is 1.26. The Labute approximate surface area is 88.6 Å². The number of hydrogen-bond donors (Lipinski definition) is 0. The molecule has 0 aliphatic carbocycles. The lowest BCUT2D eigenvalue weighted by molar-refractivity contribution is -0.307. The van der Waals surface area contributed by atoms with E-state index in [0.717, 1.165) is 4.47 Å². The van der Waals surface area contributed by atoms with Gasteiger partial charge in [0.25, 0.3) is 0 Å². The van der Waals surface area contributed by atoms with Gasteiger partial charge in [-0.2, -0.15) is 0 Å². The van der Waals surface area contributed by atoms with Gasteiger partial charge in [-0.05, 0) is 18.2 Å². The summed E-state index contributed by atoms with van der Waals surface area (Å²) in [5, 5.41) is 10.1. The summed E-state index contributed by atoms with van der Waals surface area (Å²) in [6.45, 7) is -0.567. The number of aldehydes is 1. The summed E-state index contributed by atoms with van der Waals surface area (Å²) in [4.78, 5) is 20.7. The second kappa shape index (κ2) is 4.76. The summed E-state index contributed by atoms with van der Waals surface area (Å²) in [7, 11) is 0. The van der Waals surface area contributed by atoms with Crippen molar-refractivity contribution in [2.75, 3.05) is 6.61 Å². The summed E-state index contributed by atoms with van der Waals surface area (Å²) < 4.78 is 5.55. The van der Waals surface area contributed by atoms with Crippen molar-refractivity contribution in [3.8, 4) is 5.75 Å². The van der Waals surface area contributed by atoms with Crippen LogP contribution in [0.3, 0.4) is 0 Å². The molecule has 0 bridgehead atoms. The molecule has 0 radical (unpaired) electrons. The van der Waals surface area contributed by atoms with Gasteiger partial charge in [0.1, 0.15) is 12.4 Å². The van der Waals surface area contributed by atoms with Gasteiger partial charge in [-0.1, -0.05) is 15.9 Å². The average Bonchev–Trinajstić information content (AvgIpc) is 2.15. The van der Waals surface area contributed by atoms with E-state index in [1.54, 1.807) is 6.07 Å². The van der Waals surface area contributed by atoms with Crippen LogP contribution in [0.5, 0.6) is 5.75 Å². The second-order valence-corrected chi connectivity index (χ2v) is 3.38. The van der Waals surface area contributed by atoms with Crippen LogP contribution < -0.4 is 9.84 Å². The standard InChI is InChI=1S/C9H7BrO4/c10-7-1-2-8(6(3-7)4-11)14-5-9(12)13/h1-4H,5H2,(H,12,13)/p-1. The Morgan fingerprint density at radius 3 is 2.86 bits per heavy atom. The fraction of sp³-hybridized carbons (Fsp3) is 0.111. The van der Waals surface area contributed by atoms with Gasteiger partial charge in [0, 0.05) is 4.47 Å². The zero-order chi connectivity index (χ0) is 10.6. The molecule has 0 atom stereocenters. The van der Waals surface area contributed by atoms with Crippen molar-refractivity contribution in [2.24, 2.45) is 0 Å². The molecule has 0 spiro atoms. The molecule has 0 aliphatic rings. The van der Waals surface area contributed by atoms with Crippen LogP contribution in [0.25, 0.3) is 0 Å². The van der Waals surface area contributed by atoms with E-state index in [-0.39, 0.29) is 5.75 Å². The first-order valence-electron chi connectivity index (χ1n) is 3.71. The van der Waals surface area contributed by atoms with Gasteiger partial charge in [0.05, 0.1) is 11.5 Å². The van der Waals surface area contributed by atoms with E-state index in [4.69, 9.17) is 4.74 Å². The van der Waals surface area contributed by atoms with Crippen LogP contribution in [0.2, 0.25) is 0 Å². The van der Waals surface area contributed by atoms with Gasteiger partial charge in [-0.3, -0.25) is 4.79 Å². The lowest BCUT2D eigenvalue weighted by Gasteiger charge is -2.08. The highest BCUT2D eigenvalue weighted by Crippen LogP contribution is 2.21. The summed E-state index contributed by atoms with van der Waals surface area (Å²) >= 11 is 3.17. The predicted molar refractivity (Wildman–Crippen MR) is 50.0 cm³/mol. The highest BCUT2D eigenvalue weighted by Gasteiger charge is 2.03.